The highest BCUT2D eigenvalue weighted by molar-refractivity contribution is 5.87. The van der Waals surface area contributed by atoms with E-state index in [0.29, 0.717) is 18.2 Å². The number of nitrogen functional groups attached to an aromatic ring is 1. The largest absolute Gasteiger partial charge is 0.383 e. The highest BCUT2D eigenvalue weighted by atomic mass is 15.3. The number of nitrogens with zero attached hydrogens (tertiary/aromatic N) is 6. The summed E-state index contributed by atoms with van der Waals surface area (Å²) in [6, 6.07) is 9.39. The molecule has 3 aromatic rings. The lowest BCUT2D eigenvalue weighted by Crippen LogP contribution is -2.07. The number of para-hydroxylation sites is 1. The summed E-state index contributed by atoms with van der Waals surface area (Å²) in [4.78, 5) is 12.5. The Hall–Kier alpha value is -3.01. The molecule has 1 aromatic carbocycles. The summed E-state index contributed by atoms with van der Waals surface area (Å²) in [5.74, 6) is 1.08. The van der Waals surface area contributed by atoms with Gasteiger partial charge >= 0.3 is 0 Å². The normalized spacial score (nSPS) is 10.5. The van der Waals surface area contributed by atoms with Crippen LogP contribution in [0.4, 0.5) is 5.82 Å². The second kappa shape index (κ2) is 4.34. The van der Waals surface area contributed by atoms with Gasteiger partial charge in [-0.1, -0.05) is 12.1 Å². The molecule has 2 N–H and O–H groups in total. The Morgan fingerprint density at radius 1 is 1.26 bits per heavy atom. The lowest BCUT2D eigenvalue weighted by Gasteiger charge is -2.04. The lowest BCUT2D eigenvalue weighted by molar-refractivity contribution is 0.655. The van der Waals surface area contributed by atoms with E-state index in [4.69, 9.17) is 11.0 Å². The van der Waals surface area contributed by atoms with Crippen LogP contribution in [0, 0.1) is 11.3 Å². The third-order valence-electron chi connectivity index (χ3n) is 2.62. The zero-order valence-electron chi connectivity index (χ0n) is 9.85. The van der Waals surface area contributed by atoms with E-state index in [2.05, 4.69) is 20.1 Å². The van der Waals surface area contributed by atoms with Crippen molar-refractivity contribution >= 4 is 16.7 Å². The summed E-state index contributed by atoms with van der Waals surface area (Å²) < 4.78 is 1.50. The number of nitriles is 1. The average molecular weight is 251 g/mol. The molecule has 7 heteroatoms. The number of aromatic nitrogens is 5. The van der Waals surface area contributed by atoms with E-state index in [0.717, 1.165) is 10.9 Å². The third kappa shape index (κ3) is 2.07. The molecular weight excluding hydrogens is 242 g/mol. The first-order valence-corrected chi connectivity index (χ1v) is 5.57. The number of fused-ring (bicyclic) bond motifs is 1. The first-order chi connectivity index (χ1) is 9.26. The standard InChI is InChI=1S/C12H9N7/c13-5-10-15-7-19(18-10)6-11-16-9-4-2-1-3-8(9)12(14)17-11/h1-4,7H,6H2,(H2,14,16,17). The topological polar surface area (TPSA) is 106 Å². The molecule has 0 unspecified atom stereocenters. The molecule has 3 rings (SSSR count). The van der Waals surface area contributed by atoms with Gasteiger partial charge in [-0.3, -0.25) is 0 Å². The van der Waals surface area contributed by atoms with Gasteiger partial charge in [-0.25, -0.2) is 19.6 Å². The molecule has 0 aliphatic carbocycles. The van der Waals surface area contributed by atoms with Crippen LogP contribution in [0.2, 0.25) is 0 Å². The van der Waals surface area contributed by atoms with Gasteiger partial charge in [0.25, 0.3) is 5.82 Å². The van der Waals surface area contributed by atoms with Gasteiger partial charge in [-0.15, -0.1) is 5.10 Å². The van der Waals surface area contributed by atoms with Gasteiger partial charge in [0.15, 0.2) is 5.82 Å². The second-order valence-corrected chi connectivity index (χ2v) is 3.92. The van der Waals surface area contributed by atoms with Gasteiger partial charge in [0.05, 0.1) is 5.52 Å². The Balaban J connectivity index is 1.99. The molecule has 2 heterocycles. The van der Waals surface area contributed by atoms with Crippen LogP contribution < -0.4 is 5.73 Å². The molecule has 92 valence electrons. The fraction of sp³-hybridized carbons (Fsp3) is 0.0833. The number of nitrogens with two attached hydrogens (primary N) is 1. The van der Waals surface area contributed by atoms with Gasteiger partial charge in [-0.2, -0.15) is 5.26 Å². The van der Waals surface area contributed by atoms with E-state index in [1.54, 1.807) is 0 Å². The minimum absolute atomic E-state index is 0.119. The first-order valence-electron chi connectivity index (χ1n) is 5.57. The van der Waals surface area contributed by atoms with Gasteiger partial charge in [0.1, 0.15) is 24.8 Å². The van der Waals surface area contributed by atoms with Crippen molar-refractivity contribution in [2.75, 3.05) is 5.73 Å². The fourth-order valence-electron chi connectivity index (χ4n) is 1.79. The summed E-state index contributed by atoms with van der Waals surface area (Å²) in [5, 5.41) is 13.4. The summed E-state index contributed by atoms with van der Waals surface area (Å²) >= 11 is 0. The quantitative estimate of drug-likeness (QED) is 0.719. The molecular formula is C12H9N7. The number of benzene rings is 1. The Kier molecular flexibility index (Phi) is 2.54. The van der Waals surface area contributed by atoms with E-state index in [-0.39, 0.29) is 5.82 Å². The van der Waals surface area contributed by atoms with Gasteiger partial charge in [0.2, 0.25) is 0 Å². The van der Waals surface area contributed by atoms with E-state index >= 15 is 0 Å². The highest BCUT2D eigenvalue weighted by Crippen LogP contribution is 2.17. The van der Waals surface area contributed by atoms with Crippen molar-refractivity contribution in [2.45, 2.75) is 6.54 Å². The van der Waals surface area contributed by atoms with Crippen LogP contribution in [-0.4, -0.2) is 24.7 Å². The molecule has 2 aromatic heterocycles. The highest BCUT2D eigenvalue weighted by Gasteiger charge is 2.06. The van der Waals surface area contributed by atoms with Crippen LogP contribution in [0.1, 0.15) is 11.6 Å². The predicted molar refractivity (Wildman–Crippen MR) is 67.8 cm³/mol. The van der Waals surface area contributed by atoms with Crippen LogP contribution in [0.25, 0.3) is 10.9 Å². The van der Waals surface area contributed by atoms with Crippen molar-refractivity contribution < 1.29 is 0 Å². The van der Waals surface area contributed by atoms with Crippen molar-refractivity contribution in [1.82, 2.24) is 24.7 Å². The van der Waals surface area contributed by atoms with Crippen molar-refractivity contribution in [3.8, 4) is 6.07 Å². The van der Waals surface area contributed by atoms with Crippen LogP contribution in [0.5, 0.6) is 0 Å². The SMILES string of the molecule is N#Cc1ncn(Cc2nc(N)c3ccccc3n2)n1. The molecule has 0 spiro atoms. The van der Waals surface area contributed by atoms with Crippen molar-refractivity contribution in [3.63, 3.8) is 0 Å². The molecule has 0 saturated carbocycles. The molecule has 7 nitrogen and oxygen atoms in total. The maximum absolute atomic E-state index is 8.66. The maximum Gasteiger partial charge on any atom is 0.252 e. The molecule has 0 amide bonds. The molecule has 0 atom stereocenters. The van der Waals surface area contributed by atoms with Gasteiger partial charge < -0.3 is 5.73 Å². The third-order valence-corrected chi connectivity index (χ3v) is 2.62. The van der Waals surface area contributed by atoms with Crippen molar-refractivity contribution in [2.24, 2.45) is 0 Å². The number of hydrogen-bond donors (Lipinski definition) is 1. The minimum atomic E-state index is 0.119. The molecule has 0 aliphatic heterocycles. The molecule has 19 heavy (non-hydrogen) atoms. The zero-order chi connectivity index (χ0) is 13.2. The van der Waals surface area contributed by atoms with Gasteiger partial charge in [0, 0.05) is 5.39 Å². The van der Waals surface area contributed by atoms with Crippen molar-refractivity contribution in [3.05, 3.63) is 42.2 Å². The second-order valence-electron chi connectivity index (χ2n) is 3.92. The van der Waals surface area contributed by atoms with Crippen LogP contribution in [0.3, 0.4) is 0 Å². The summed E-state index contributed by atoms with van der Waals surface area (Å²) in [7, 11) is 0. The maximum atomic E-state index is 8.66. The Labute approximate surface area is 108 Å². The van der Waals surface area contributed by atoms with E-state index in [1.165, 1.54) is 11.0 Å². The van der Waals surface area contributed by atoms with Gasteiger partial charge in [-0.05, 0) is 12.1 Å². The molecule has 0 fully saturated rings. The summed E-state index contributed by atoms with van der Waals surface area (Å²) in [6.07, 6.45) is 1.47. The average Bonchev–Trinajstić information content (AvgIpc) is 2.86. The summed E-state index contributed by atoms with van der Waals surface area (Å²) in [6.45, 7) is 0.323. The smallest absolute Gasteiger partial charge is 0.252 e. The zero-order valence-corrected chi connectivity index (χ0v) is 9.85. The van der Waals surface area contributed by atoms with E-state index in [1.807, 2.05) is 30.3 Å². The Bertz CT molecular complexity index is 784. The fourth-order valence-corrected chi connectivity index (χ4v) is 1.79. The molecule has 0 radical (unpaired) electrons. The number of rotatable bonds is 2. The molecule has 0 saturated heterocycles. The monoisotopic (exact) mass is 251 g/mol. The Morgan fingerprint density at radius 2 is 2.11 bits per heavy atom. The van der Waals surface area contributed by atoms with Crippen molar-refractivity contribution in [1.29, 1.82) is 5.26 Å². The molecule has 0 bridgehead atoms. The number of hydrogen-bond acceptors (Lipinski definition) is 6. The van der Waals surface area contributed by atoms with Crippen LogP contribution in [-0.2, 0) is 6.54 Å². The van der Waals surface area contributed by atoms with E-state index < -0.39 is 0 Å². The lowest BCUT2D eigenvalue weighted by atomic mass is 10.2. The van der Waals surface area contributed by atoms with Crippen LogP contribution in [0.15, 0.2) is 30.6 Å². The number of anilines is 1. The van der Waals surface area contributed by atoms with E-state index in [9.17, 15) is 0 Å². The minimum Gasteiger partial charge on any atom is -0.383 e. The predicted octanol–water partition coefficient (Wildman–Crippen LogP) is 0.723. The molecule has 0 aliphatic rings. The summed E-state index contributed by atoms with van der Waals surface area (Å²) in [5.41, 5.74) is 6.68. The first kappa shape index (κ1) is 11.1. The Morgan fingerprint density at radius 3 is 2.89 bits per heavy atom. The van der Waals surface area contributed by atoms with Crippen LogP contribution >= 0.6 is 0 Å².